The molecule has 1 N–H and O–H groups in total. The predicted molar refractivity (Wildman–Crippen MR) is 72.9 cm³/mol. The van der Waals surface area contributed by atoms with Crippen molar-refractivity contribution in [2.75, 3.05) is 7.11 Å². The van der Waals surface area contributed by atoms with Gasteiger partial charge in [0.25, 0.3) is 0 Å². The Balaban J connectivity index is 2.94. The number of esters is 1. The van der Waals surface area contributed by atoms with Crippen LogP contribution in [0.3, 0.4) is 0 Å². The quantitative estimate of drug-likeness (QED) is 0.349. The summed E-state index contributed by atoms with van der Waals surface area (Å²) in [5.74, 6) is -0.492. The van der Waals surface area contributed by atoms with Crippen LogP contribution in [0.5, 0.6) is 0 Å². The number of hydrogen-bond donors (Lipinski definition) is 1. The van der Waals surface area contributed by atoms with Gasteiger partial charge in [-0.2, -0.15) is 0 Å². The molecule has 0 amide bonds. The van der Waals surface area contributed by atoms with E-state index in [9.17, 15) is 9.90 Å². The largest absolute Gasteiger partial charge is 0.466 e. The van der Waals surface area contributed by atoms with Crippen LogP contribution in [0.1, 0.15) is 33.1 Å². The van der Waals surface area contributed by atoms with Crippen LogP contribution in [0.4, 0.5) is 0 Å². The van der Waals surface area contributed by atoms with Crippen LogP contribution >= 0.6 is 0 Å². The monoisotopic (exact) mass is 283 g/mol. The molecule has 0 heterocycles. The molecule has 3 atom stereocenters. The topological polar surface area (TPSA) is 105 Å². The summed E-state index contributed by atoms with van der Waals surface area (Å²) < 4.78 is 10.5. The van der Waals surface area contributed by atoms with E-state index < -0.39 is 24.2 Å². The molecule has 1 aliphatic rings. The van der Waals surface area contributed by atoms with Gasteiger partial charge in [-0.25, -0.2) is 4.79 Å². The normalized spacial score (nSPS) is 25.9. The maximum atomic E-state index is 11.6. The van der Waals surface area contributed by atoms with Crippen molar-refractivity contribution in [2.45, 2.75) is 57.5 Å². The summed E-state index contributed by atoms with van der Waals surface area (Å²) in [4.78, 5) is 14.3. The third kappa shape index (κ3) is 3.96. The number of rotatable bonds is 6. The number of aliphatic hydroxyl groups is 1. The van der Waals surface area contributed by atoms with Gasteiger partial charge in [0, 0.05) is 16.9 Å². The van der Waals surface area contributed by atoms with E-state index in [-0.39, 0.29) is 12.5 Å². The zero-order valence-electron chi connectivity index (χ0n) is 12.0. The average molecular weight is 283 g/mol. The Morgan fingerprint density at radius 1 is 1.60 bits per heavy atom. The highest BCUT2D eigenvalue weighted by atomic mass is 16.5. The van der Waals surface area contributed by atoms with Crippen molar-refractivity contribution in [3.63, 3.8) is 0 Å². The zero-order chi connectivity index (χ0) is 15.1. The van der Waals surface area contributed by atoms with E-state index in [1.165, 1.54) is 13.2 Å². The minimum atomic E-state index is -0.958. The van der Waals surface area contributed by atoms with Crippen molar-refractivity contribution in [2.24, 2.45) is 5.11 Å². The predicted octanol–water partition coefficient (Wildman–Crippen LogP) is 2.10. The van der Waals surface area contributed by atoms with Gasteiger partial charge in [-0.15, -0.1) is 0 Å². The lowest BCUT2D eigenvalue weighted by molar-refractivity contribution is -0.138. The standard InChI is InChI=1S/C13H21N3O4/c1-4-9(5-2)20-11-7-8(13(18)19-3)6-10(12(11)17)15-16-14/h6,9-12,17H,4-5,7H2,1-3H3/t10-,11-,12+/m1/s1. The second kappa shape index (κ2) is 7.89. The highest BCUT2D eigenvalue weighted by Gasteiger charge is 2.35. The summed E-state index contributed by atoms with van der Waals surface area (Å²) in [5.41, 5.74) is 8.91. The molecule has 0 spiro atoms. The molecule has 0 unspecified atom stereocenters. The second-order valence-corrected chi connectivity index (χ2v) is 4.69. The smallest absolute Gasteiger partial charge is 0.333 e. The molecule has 20 heavy (non-hydrogen) atoms. The van der Waals surface area contributed by atoms with Crippen LogP contribution in [-0.4, -0.2) is 42.5 Å². The summed E-state index contributed by atoms with van der Waals surface area (Å²) in [7, 11) is 1.29. The van der Waals surface area contributed by atoms with E-state index in [1.807, 2.05) is 13.8 Å². The third-order valence-electron chi connectivity index (χ3n) is 3.43. The Morgan fingerprint density at radius 3 is 2.75 bits per heavy atom. The van der Waals surface area contributed by atoms with E-state index in [0.29, 0.717) is 5.57 Å². The Bertz CT molecular complexity index is 414. The molecule has 0 fully saturated rings. The molecular weight excluding hydrogens is 262 g/mol. The van der Waals surface area contributed by atoms with Crippen LogP contribution in [-0.2, 0) is 14.3 Å². The highest BCUT2D eigenvalue weighted by molar-refractivity contribution is 5.88. The number of carbonyl (C=O) groups excluding carboxylic acids is 1. The first kappa shape index (κ1) is 16.5. The van der Waals surface area contributed by atoms with Gasteiger partial charge < -0.3 is 14.6 Å². The molecule has 0 bridgehead atoms. The van der Waals surface area contributed by atoms with Gasteiger partial charge in [0.05, 0.1) is 31.5 Å². The summed E-state index contributed by atoms with van der Waals surface area (Å²) in [5, 5.41) is 13.7. The molecule has 0 radical (unpaired) electrons. The number of ether oxygens (including phenoxy) is 2. The Labute approximate surface area is 118 Å². The third-order valence-corrected chi connectivity index (χ3v) is 3.43. The second-order valence-electron chi connectivity index (χ2n) is 4.69. The summed E-state index contributed by atoms with van der Waals surface area (Å²) in [6, 6.07) is -0.817. The minimum Gasteiger partial charge on any atom is -0.466 e. The number of methoxy groups -OCH3 is 1. The average Bonchev–Trinajstić information content (AvgIpc) is 2.47. The lowest BCUT2D eigenvalue weighted by Gasteiger charge is -2.33. The fourth-order valence-electron chi connectivity index (χ4n) is 2.23. The Morgan fingerprint density at radius 2 is 2.25 bits per heavy atom. The van der Waals surface area contributed by atoms with Crippen LogP contribution in [0.2, 0.25) is 0 Å². The van der Waals surface area contributed by atoms with Gasteiger partial charge >= 0.3 is 5.97 Å². The van der Waals surface area contributed by atoms with Crippen molar-refractivity contribution in [3.05, 3.63) is 22.1 Å². The molecule has 0 aliphatic heterocycles. The van der Waals surface area contributed by atoms with Crippen LogP contribution in [0.25, 0.3) is 10.4 Å². The summed E-state index contributed by atoms with van der Waals surface area (Å²) in [6.07, 6.45) is 1.78. The van der Waals surface area contributed by atoms with Crippen molar-refractivity contribution in [1.29, 1.82) is 0 Å². The molecule has 0 saturated heterocycles. The van der Waals surface area contributed by atoms with Crippen molar-refractivity contribution in [1.82, 2.24) is 0 Å². The van der Waals surface area contributed by atoms with Gasteiger partial charge in [-0.3, -0.25) is 0 Å². The van der Waals surface area contributed by atoms with Crippen molar-refractivity contribution >= 4 is 5.97 Å². The van der Waals surface area contributed by atoms with E-state index in [2.05, 4.69) is 14.8 Å². The van der Waals surface area contributed by atoms with E-state index >= 15 is 0 Å². The molecular formula is C13H21N3O4. The lowest BCUT2D eigenvalue weighted by atomic mass is 9.90. The molecule has 0 aromatic heterocycles. The molecule has 7 heteroatoms. The maximum Gasteiger partial charge on any atom is 0.333 e. The zero-order valence-corrected chi connectivity index (χ0v) is 12.0. The van der Waals surface area contributed by atoms with Gasteiger partial charge in [-0.1, -0.05) is 25.0 Å². The molecule has 1 aliphatic carbocycles. The fraction of sp³-hybridized carbons (Fsp3) is 0.769. The Hall–Kier alpha value is -1.56. The molecule has 112 valence electrons. The number of carbonyl (C=O) groups is 1. The fourth-order valence-corrected chi connectivity index (χ4v) is 2.23. The lowest BCUT2D eigenvalue weighted by Crippen LogP contribution is -2.43. The van der Waals surface area contributed by atoms with Crippen LogP contribution in [0, 0.1) is 0 Å². The van der Waals surface area contributed by atoms with Gasteiger partial charge in [0.15, 0.2) is 0 Å². The molecule has 0 aromatic rings. The van der Waals surface area contributed by atoms with Crippen LogP contribution in [0.15, 0.2) is 16.8 Å². The van der Waals surface area contributed by atoms with Gasteiger partial charge in [0.1, 0.15) is 0 Å². The van der Waals surface area contributed by atoms with E-state index in [0.717, 1.165) is 12.8 Å². The highest BCUT2D eigenvalue weighted by Crippen LogP contribution is 2.27. The van der Waals surface area contributed by atoms with Crippen LogP contribution < -0.4 is 0 Å². The molecule has 0 saturated carbocycles. The first-order valence-electron chi connectivity index (χ1n) is 6.74. The van der Waals surface area contributed by atoms with Crippen molar-refractivity contribution < 1.29 is 19.4 Å². The van der Waals surface area contributed by atoms with Gasteiger partial charge in [0.2, 0.25) is 0 Å². The van der Waals surface area contributed by atoms with Crippen molar-refractivity contribution in [3.8, 4) is 0 Å². The van der Waals surface area contributed by atoms with Gasteiger partial charge in [-0.05, 0) is 18.4 Å². The minimum absolute atomic E-state index is 0.00152. The summed E-state index contributed by atoms with van der Waals surface area (Å²) in [6.45, 7) is 3.98. The Kier molecular flexibility index (Phi) is 6.51. The number of nitrogens with zero attached hydrogens (tertiary/aromatic N) is 3. The molecule has 1 rings (SSSR count). The molecule has 0 aromatic carbocycles. The number of azide groups is 1. The number of aliphatic hydroxyl groups excluding tert-OH is 1. The number of hydrogen-bond acceptors (Lipinski definition) is 5. The first-order chi connectivity index (χ1) is 9.57. The first-order valence-corrected chi connectivity index (χ1v) is 6.74. The SMILES string of the molecule is CCC(CC)O[C@@H]1CC(C(=O)OC)=C[C@@H](N=[N+]=[N-])[C@@H]1O. The van der Waals surface area contributed by atoms with E-state index in [4.69, 9.17) is 10.3 Å². The maximum absolute atomic E-state index is 11.6. The molecule has 7 nitrogen and oxygen atoms in total. The van der Waals surface area contributed by atoms with E-state index in [1.54, 1.807) is 0 Å². The summed E-state index contributed by atoms with van der Waals surface area (Å²) >= 11 is 0.